The number of rotatable bonds is 5. The number of methoxy groups -OCH3 is 1. The minimum atomic E-state index is -0.860. The van der Waals surface area contributed by atoms with Gasteiger partial charge in [-0.2, -0.15) is 0 Å². The molecule has 1 N–H and O–H groups in total. The average Bonchev–Trinajstić information content (AvgIpc) is 2.79. The molecule has 35 heavy (non-hydrogen) atoms. The SMILES string of the molecule is COc1ccc(/C=C2\C(=O)NC(=O)N(c3ccc(Cl)c(Cl)c3)C2=O)c(Cc2cc(C)cc(C)c2)c1. The van der Waals surface area contributed by atoms with Crippen LogP contribution >= 0.6 is 23.2 Å². The number of carbonyl (C=O) groups is 3. The number of imide groups is 2. The number of anilines is 1. The maximum absolute atomic E-state index is 13.3. The molecule has 0 bridgehead atoms. The number of carbonyl (C=O) groups excluding carboxylic acids is 3. The zero-order chi connectivity index (χ0) is 25.3. The molecule has 3 aromatic carbocycles. The first-order valence-corrected chi connectivity index (χ1v) is 11.5. The number of hydrogen-bond donors (Lipinski definition) is 1. The summed E-state index contributed by atoms with van der Waals surface area (Å²) in [6.45, 7) is 4.06. The number of nitrogens with one attached hydrogen (secondary N) is 1. The maximum atomic E-state index is 13.3. The molecule has 0 radical (unpaired) electrons. The second kappa shape index (κ2) is 9.94. The Balaban J connectivity index is 1.76. The Kier molecular flexibility index (Phi) is 6.96. The number of aryl methyl sites for hydroxylation is 2. The summed E-state index contributed by atoms with van der Waals surface area (Å²) in [6.07, 6.45) is 2.05. The summed E-state index contributed by atoms with van der Waals surface area (Å²) in [5.74, 6) is -0.881. The van der Waals surface area contributed by atoms with E-state index in [0.717, 1.165) is 27.2 Å². The Morgan fingerprint density at radius 1 is 0.914 bits per heavy atom. The highest BCUT2D eigenvalue weighted by molar-refractivity contribution is 6.43. The van der Waals surface area contributed by atoms with E-state index in [0.29, 0.717) is 17.7 Å². The van der Waals surface area contributed by atoms with Crippen molar-refractivity contribution in [2.75, 3.05) is 12.0 Å². The van der Waals surface area contributed by atoms with Crippen LogP contribution in [0.25, 0.3) is 6.08 Å². The van der Waals surface area contributed by atoms with Gasteiger partial charge in [-0.15, -0.1) is 0 Å². The Morgan fingerprint density at radius 2 is 1.63 bits per heavy atom. The van der Waals surface area contributed by atoms with Crippen LogP contribution in [0.2, 0.25) is 10.0 Å². The van der Waals surface area contributed by atoms with Crippen molar-refractivity contribution in [3.8, 4) is 5.75 Å². The van der Waals surface area contributed by atoms with Gasteiger partial charge < -0.3 is 4.74 Å². The smallest absolute Gasteiger partial charge is 0.335 e. The van der Waals surface area contributed by atoms with Gasteiger partial charge in [0.25, 0.3) is 11.8 Å². The van der Waals surface area contributed by atoms with Crippen LogP contribution in [0.1, 0.15) is 27.8 Å². The summed E-state index contributed by atoms with van der Waals surface area (Å²) in [7, 11) is 1.58. The van der Waals surface area contributed by atoms with E-state index in [4.69, 9.17) is 27.9 Å². The van der Waals surface area contributed by atoms with E-state index in [1.54, 1.807) is 19.2 Å². The third-order valence-electron chi connectivity index (χ3n) is 5.59. The fourth-order valence-corrected chi connectivity index (χ4v) is 4.36. The fraction of sp³-hybridized carbons (Fsp3) is 0.148. The van der Waals surface area contributed by atoms with Crippen LogP contribution in [0.3, 0.4) is 0 Å². The fourth-order valence-electron chi connectivity index (χ4n) is 4.07. The van der Waals surface area contributed by atoms with Crippen LogP contribution in [0, 0.1) is 13.8 Å². The van der Waals surface area contributed by atoms with Crippen molar-refractivity contribution in [2.45, 2.75) is 20.3 Å². The normalized spacial score (nSPS) is 14.9. The topological polar surface area (TPSA) is 75.7 Å². The number of urea groups is 1. The number of barbiturate groups is 1. The van der Waals surface area contributed by atoms with Gasteiger partial charge in [-0.1, -0.05) is 58.6 Å². The molecule has 1 saturated heterocycles. The third kappa shape index (κ3) is 5.24. The van der Waals surface area contributed by atoms with Gasteiger partial charge in [0.05, 0.1) is 22.8 Å². The Hall–Kier alpha value is -3.61. The van der Waals surface area contributed by atoms with E-state index in [2.05, 4.69) is 23.5 Å². The van der Waals surface area contributed by atoms with Crippen LogP contribution in [-0.2, 0) is 16.0 Å². The molecule has 0 saturated carbocycles. The highest BCUT2D eigenvalue weighted by Crippen LogP contribution is 2.30. The van der Waals surface area contributed by atoms with Crippen molar-refractivity contribution in [3.05, 3.63) is 98.0 Å². The number of benzene rings is 3. The summed E-state index contributed by atoms with van der Waals surface area (Å²) < 4.78 is 5.39. The minimum Gasteiger partial charge on any atom is -0.497 e. The molecule has 0 aromatic heterocycles. The maximum Gasteiger partial charge on any atom is 0.335 e. The lowest BCUT2D eigenvalue weighted by Crippen LogP contribution is -2.54. The molecule has 0 spiro atoms. The number of amides is 4. The van der Waals surface area contributed by atoms with Crippen LogP contribution in [0.5, 0.6) is 5.75 Å². The van der Waals surface area contributed by atoms with E-state index in [9.17, 15) is 14.4 Å². The molecule has 3 aromatic rings. The lowest BCUT2D eigenvalue weighted by molar-refractivity contribution is -0.122. The minimum absolute atomic E-state index is 0.178. The Morgan fingerprint density at radius 3 is 2.29 bits per heavy atom. The molecule has 4 amide bonds. The van der Waals surface area contributed by atoms with Crippen LogP contribution in [-0.4, -0.2) is 25.0 Å². The molecule has 1 aliphatic rings. The lowest BCUT2D eigenvalue weighted by atomic mass is 9.95. The third-order valence-corrected chi connectivity index (χ3v) is 6.33. The highest BCUT2D eigenvalue weighted by atomic mass is 35.5. The van der Waals surface area contributed by atoms with E-state index in [1.807, 2.05) is 19.9 Å². The summed E-state index contributed by atoms with van der Waals surface area (Å²) in [5, 5.41) is 2.69. The summed E-state index contributed by atoms with van der Waals surface area (Å²) in [6, 6.07) is 15.2. The predicted octanol–water partition coefficient (Wildman–Crippen LogP) is 5.88. The first-order chi connectivity index (χ1) is 16.7. The molecule has 1 heterocycles. The van der Waals surface area contributed by atoms with Crippen LogP contribution in [0.15, 0.2) is 60.2 Å². The molecule has 6 nitrogen and oxygen atoms in total. The van der Waals surface area contributed by atoms with Crippen LogP contribution < -0.4 is 15.0 Å². The largest absolute Gasteiger partial charge is 0.497 e. The van der Waals surface area contributed by atoms with Crippen molar-refractivity contribution in [1.29, 1.82) is 0 Å². The summed E-state index contributed by atoms with van der Waals surface area (Å²) >= 11 is 12.0. The molecule has 0 unspecified atom stereocenters. The van der Waals surface area contributed by atoms with E-state index in [-0.39, 0.29) is 21.3 Å². The standard InChI is InChI=1S/C27H22Cl2N2O4/c1-15-8-16(2)10-17(9-15)11-19-12-21(35-3)6-4-18(19)13-22-25(32)30-27(34)31(26(22)33)20-5-7-23(28)24(29)14-20/h4-10,12-14H,11H2,1-3H3,(H,30,32,34)/b22-13+. The number of ether oxygens (including phenoxy) is 1. The number of halogens is 2. The first kappa shape index (κ1) is 24.5. The second-order valence-corrected chi connectivity index (χ2v) is 9.11. The number of nitrogens with zero attached hydrogens (tertiary/aromatic N) is 1. The van der Waals surface area contributed by atoms with Crippen molar-refractivity contribution >= 4 is 52.8 Å². The van der Waals surface area contributed by atoms with Crippen molar-refractivity contribution < 1.29 is 19.1 Å². The van der Waals surface area contributed by atoms with Gasteiger partial charge in [-0.3, -0.25) is 14.9 Å². The van der Waals surface area contributed by atoms with Gasteiger partial charge in [-0.05, 0) is 73.4 Å². The van der Waals surface area contributed by atoms with Gasteiger partial charge in [0, 0.05) is 0 Å². The monoisotopic (exact) mass is 508 g/mol. The molecular weight excluding hydrogens is 487 g/mol. The van der Waals surface area contributed by atoms with Gasteiger partial charge in [0.2, 0.25) is 0 Å². The van der Waals surface area contributed by atoms with Crippen molar-refractivity contribution in [3.63, 3.8) is 0 Å². The molecule has 1 aliphatic heterocycles. The van der Waals surface area contributed by atoms with E-state index >= 15 is 0 Å². The molecule has 1 fully saturated rings. The van der Waals surface area contributed by atoms with Crippen molar-refractivity contribution in [2.24, 2.45) is 0 Å². The van der Waals surface area contributed by atoms with Gasteiger partial charge >= 0.3 is 6.03 Å². The quantitative estimate of drug-likeness (QED) is 0.345. The average molecular weight is 509 g/mol. The molecule has 178 valence electrons. The lowest BCUT2D eigenvalue weighted by Gasteiger charge is -2.26. The van der Waals surface area contributed by atoms with Crippen molar-refractivity contribution in [1.82, 2.24) is 5.32 Å². The summed E-state index contributed by atoms with van der Waals surface area (Å²) in [4.78, 5) is 39.4. The molecule has 0 atom stereocenters. The molecule has 8 heteroatoms. The summed E-state index contributed by atoms with van der Waals surface area (Å²) in [5.41, 5.74) is 4.91. The Bertz CT molecular complexity index is 1380. The van der Waals surface area contributed by atoms with E-state index < -0.39 is 17.8 Å². The zero-order valence-corrected chi connectivity index (χ0v) is 20.8. The molecular formula is C27H22Cl2N2O4. The predicted molar refractivity (Wildman–Crippen MR) is 137 cm³/mol. The highest BCUT2D eigenvalue weighted by Gasteiger charge is 2.37. The number of hydrogen-bond acceptors (Lipinski definition) is 4. The molecule has 4 rings (SSSR count). The first-order valence-electron chi connectivity index (χ1n) is 10.8. The van der Waals surface area contributed by atoms with Gasteiger partial charge in [-0.25, -0.2) is 9.69 Å². The second-order valence-electron chi connectivity index (χ2n) is 8.29. The molecule has 0 aliphatic carbocycles. The van der Waals surface area contributed by atoms with Gasteiger partial charge in [0.1, 0.15) is 11.3 Å². The van der Waals surface area contributed by atoms with Gasteiger partial charge in [0.15, 0.2) is 0 Å². The van der Waals surface area contributed by atoms with Crippen LogP contribution in [0.4, 0.5) is 10.5 Å². The Labute approximate surface area is 213 Å². The zero-order valence-electron chi connectivity index (χ0n) is 19.3. The van der Waals surface area contributed by atoms with E-state index in [1.165, 1.54) is 24.3 Å².